The summed E-state index contributed by atoms with van der Waals surface area (Å²) in [5.41, 5.74) is -0.282. The maximum atomic E-state index is 12.3. The van der Waals surface area contributed by atoms with E-state index in [-0.39, 0.29) is 23.7 Å². The molecule has 1 spiro atoms. The molecule has 1 unspecified atom stereocenters. The van der Waals surface area contributed by atoms with Crippen LogP contribution < -0.4 is 5.32 Å². The maximum Gasteiger partial charge on any atom is 0.317 e. The first-order valence-corrected chi connectivity index (χ1v) is 11.7. The van der Waals surface area contributed by atoms with Crippen LogP contribution in [0.4, 0.5) is 4.79 Å². The number of nitrogens with one attached hydrogen (secondary N) is 1. The number of rotatable bonds is 5. The van der Waals surface area contributed by atoms with E-state index >= 15 is 0 Å². The van der Waals surface area contributed by atoms with Crippen molar-refractivity contribution in [2.24, 2.45) is 5.92 Å². The van der Waals surface area contributed by atoms with Gasteiger partial charge in [-0.3, -0.25) is 0 Å². The summed E-state index contributed by atoms with van der Waals surface area (Å²) < 4.78 is 32.4. The van der Waals surface area contributed by atoms with Crippen molar-refractivity contribution >= 4 is 16.1 Å². The molecule has 1 N–H and O–H groups in total. The molecule has 2 saturated heterocycles. The molecule has 0 bridgehead atoms. The van der Waals surface area contributed by atoms with Crippen LogP contribution >= 0.6 is 0 Å². The summed E-state index contributed by atoms with van der Waals surface area (Å²) in [6.45, 7) is 6.77. The van der Waals surface area contributed by atoms with Crippen LogP contribution in [0, 0.1) is 5.92 Å². The molecule has 0 aromatic carbocycles. The van der Waals surface area contributed by atoms with Crippen LogP contribution in [-0.4, -0.2) is 73.8 Å². The summed E-state index contributed by atoms with van der Waals surface area (Å²) in [6.07, 6.45) is 6.35. The highest BCUT2D eigenvalue weighted by molar-refractivity contribution is 7.88. The third kappa shape index (κ3) is 4.70. The molecular weight excluding hydrogens is 354 g/mol. The normalized spacial score (nSPS) is 26.5. The zero-order valence-electron chi connectivity index (χ0n) is 16.2. The third-order valence-electron chi connectivity index (χ3n) is 5.74. The van der Waals surface area contributed by atoms with Gasteiger partial charge < -0.3 is 15.0 Å². The van der Waals surface area contributed by atoms with Crippen molar-refractivity contribution in [1.29, 1.82) is 0 Å². The van der Waals surface area contributed by atoms with Gasteiger partial charge in [-0.1, -0.05) is 13.8 Å². The maximum absolute atomic E-state index is 12.3. The average molecular weight is 388 g/mol. The fourth-order valence-electron chi connectivity index (χ4n) is 4.26. The summed E-state index contributed by atoms with van der Waals surface area (Å²) >= 11 is 0. The average Bonchev–Trinajstić information content (AvgIpc) is 3.37. The number of nitrogens with zero attached hydrogens (tertiary/aromatic N) is 2. The first kappa shape index (κ1) is 19.9. The molecule has 2 aliphatic heterocycles. The van der Waals surface area contributed by atoms with E-state index in [0.717, 1.165) is 38.5 Å². The van der Waals surface area contributed by atoms with Crippen LogP contribution in [0.1, 0.15) is 52.4 Å². The largest absolute Gasteiger partial charge is 0.375 e. The fourth-order valence-corrected chi connectivity index (χ4v) is 5.73. The molecule has 2 amide bonds. The van der Waals surface area contributed by atoms with Crippen LogP contribution in [0.5, 0.6) is 0 Å². The van der Waals surface area contributed by atoms with Gasteiger partial charge in [-0.15, -0.1) is 0 Å². The second kappa shape index (κ2) is 7.64. The summed E-state index contributed by atoms with van der Waals surface area (Å²) in [6, 6.07) is 0.219. The lowest BCUT2D eigenvalue weighted by atomic mass is 9.82. The Labute approximate surface area is 157 Å². The summed E-state index contributed by atoms with van der Waals surface area (Å²) in [5.74, 6) is 0.432. The third-order valence-corrected chi connectivity index (χ3v) is 7.10. The standard InChI is InChI=1S/C18H33N3O4S/c1-14(2)13-19-17(22)20-9-7-18(8-10-20)12-16(6-11-25-18)21(15-4-5-15)26(3,23)24/h14-16H,4-13H2,1-3H3,(H,19,22). The van der Waals surface area contributed by atoms with E-state index in [4.69, 9.17) is 4.74 Å². The number of urea groups is 1. The fraction of sp³-hybridized carbons (Fsp3) is 0.944. The van der Waals surface area contributed by atoms with E-state index in [1.807, 2.05) is 4.90 Å². The highest BCUT2D eigenvalue weighted by atomic mass is 32.2. The molecule has 3 rings (SSSR count). The molecule has 1 atom stereocenters. The Bertz CT molecular complexity index is 610. The Kier molecular flexibility index (Phi) is 5.84. The van der Waals surface area contributed by atoms with E-state index in [1.165, 1.54) is 6.26 Å². The Morgan fingerprint density at radius 2 is 1.88 bits per heavy atom. The SMILES string of the molecule is CC(C)CNC(=O)N1CCC2(CC1)CC(N(C1CC1)S(C)(=O)=O)CCO2. The zero-order valence-corrected chi connectivity index (χ0v) is 17.1. The van der Waals surface area contributed by atoms with E-state index in [2.05, 4.69) is 19.2 Å². The quantitative estimate of drug-likeness (QED) is 0.780. The second-order valence-electron chi connectivity index (χ2n) is 8.57. The monoisotopic (exact) mass is 387 g/mol. The van der Waals surface area contributed by atoms with Crippen molar-refractivity contribution in [2.75, 3.05) is 32.5 Å². The number of piperidine rings is 1. The van der Waals surface area contributed by atoms with Crippen molar-refractivity contribution in [2.45, 2.75) is 70.1 Å². The number of ether oxygens (including phenoxy) is 1. The van der Waals surface area contributed by atoms with Gasteiger partial charge in [-0.25, -0.2) is 13.2 Å². The Hall–Kier alpha value is -0.860. The number of likely N-dealkylation sites (tertiary alicyclic amines) is 1. The van der Waals surface area contributed by atoms with Crippen LogP contribution in [0.2, 0.25) is 0 Å². The van der Waals surface area contributed by atoms with Gasteiger partial charge in [0.15, 0.2) is 0 Å². The highest BCUT2D eigenvalue weighted by Crippen LogP contribution is 2.41. The lowest BCUT2D eigenvalue weighted by Crippen LogP contribution is -2.56. The van der Waals surface area contributed by atoms with Crippen molar-refractivity contribution in [3.8, 4) is 0 Å². The number of amides is 2. The molecule has 1 aliphatic carbocycles. The minimum atomic E-state index is -3.19. The predicted molar refractivity (Wildman–Crippen MR) is 100 cm³/mol. The van der Waals surface area contributed by atoms with Gasteiger partial charge >= 0.3 is 6.03 Å². The summed E-state index contributed by atoms with van der Waals surface area (Å²) in [7, 11) is -3.19. The first-order chi connectivity index (χ1) is 12.2. The minimum Gasteiger partial charge on any atom is -0.375 e. The van der Waals surface area contributed by atoms with E-state index in [9.17, 15) is 13.2 Å². The molecule has 3 aliphatic rings. The summed E-state index contributed by atoms with van der Waals surface area (Å²) in [5, 5.41) is 2.97. The molecule has 7 nitrogen and oxygen atoms in total. The summed E-state index contributed by atoms with van der Waals surface area (Å²) in [4.78, 5) is 14.1. The molecule has 0 radical (unpaired) electrons. The topological polar surface area (TPSA) is 79.0 Å². The van der Waals surface area contributed by atoms with Crippen molar-refractivity contribution in [3.63, 3.8) is 0 Å². The van der Waals surface area contributed by atoms with Gasteiger partial charge in [0.05, 0.1) is 11.9 Å². The zero-order chi connectivity index (χ0) is 18.9. The van der Waals surface area contributed by atoms with Crippen LogP contribution in [0.15, 0.2) is 0 Å². The smallest absolute Gasteiger partial charge is 0.317 e. The van der Waals surface area contributed by atoms with E-state index in [1.54, 1.807) is 4.31 Å². The van der Waals surface area contributed by atoms with Gasteiger partial charge in [0, 0.05) is 38.3 Å². The Balaban J connectivity index is 1.59. The molecule has 0 aromatic heterocycles. The second-order valence-corrected chi connectivity index (χ2v) is 10.5. The molecule has 8 heteroatoms. The van der Waals surface area contributed by atoms with Gasteiger partial charge in [-0.05, 0) is 44.4 Å². The molecule has 26 heavy (non-hydrogen) atoms. The highest BCUT2D eigenvalue weighted by Gasteiger charge is 2.47. The van der Waals surface area contributed by atoms with Crippen LogP contribution in [0.25, 0.3) is 0 Å². The van der Waals surface area contributed by atoms with Crippen LogP contribution in [0.3, 0.4) is 0 Å². The van der Waals surface area contributed by atoms with Gasteiger partial charge in [0.1, 0.15) is 0 Å². The van der Waals surface area contributed by atoms with Crippen molar-refractivity contribution < 1.29 is 17.9 Å². The number of carbonyl (C=O) groups is 1. The Morgan fingerprint density at radius 3 is 2.42 bits per heavy atom. The van der Waals surface area contributed by atoms with Crippen LogP contribution in [-0.2, 0) is 14.8 Å². The van der Waals surface area contributed by atoms with E-state index in [0.29, 0.717) is 32.2 Å². The first-order valence-electron chi connectivity index (χ1n) is 9.85. The van der Waals surface area contributed by atoms with Gasteiger partial charge in [0.2, 0.25) is 10.0 Å². The molecule has 0 aromatic rings. The molecular formula is C18H33N3O4S. The molecule has 3 fully saturated rings. The minimum absolute atomic E-state index is 0.00310. The molecule has 2 heterocycles. The molecule has 1 saturated carbocycles. The number of hydrogen-bond donors (Lipinski definition) is 1. The molecule has 150 valence electrons. The van der Waals surface area contributed by atoms with Gasteiger partial charge in [-0.2, -0.15) is 4.31 Å². The number of hydrogen-bond acceptors (Lipinski definition) is 4. The lowest BCUT2D eigenvalue weighted by molar-refractivity contribution is -0.122. The van der Waals surface area contributed by atoms with Crippen molar-refractivity contribution in [1.82, 2.24) is 14.5 Å². The van der Waals surface area contributed by atoms with E-state index < -0.39 is 10.0 Å². The lowest BCUT2D eigenvalue weighted by Gasteiger charge is -2.48. The Morgan fingerprint density at radius 1 is 1.23 bits per heavy atom. The van der Waals surface area contributed by atoms with Crippen molar-refractivity contribution in [3.05, 3.63) is 0 Å². The number of carbonyl (C=O) groups excluding carboxylic acids is 1. The number of sulfonamides is 1. The van der Waals surface area contributed by atoms with Gasteiger partial charge in [0.25, 0.3) is 0 Å². The predicted octanol–water partition coefficient (Wildman–Crippen LogP) is 1.79.